The number of aryl methyl sites for hydroxylation is 1. The maximum Gasteiger partial charge on any atom is 0.272 e. The molecule has 1 fully saturated rings. The van der Waals surface area contributed by atoms with Crippen molar-refractivity contribution in [3.8, 4) is 17.0 Å². The molecule has 0 radical (unpaired) electrons. The van der Waals surface area contributed by atoms with Crippen molar-refractivity contribution in [2.45, 2.75) is 32.2 Å². The highest BCUT2D eigenvalue weighted by molar-refractivity contribution is 6.07. The SMILES string of the molecule is CCCN1CCC(n2nc(-c3ccc(NC(=O)c4cc5ncccc5n4C)c(OC)c3)c3c(N)ncnc32)CC1. The standard InChI is InChI=1S/C29H33N9O2/c1-4-12-37-13-9-19(10-14-37)38-28-25(27(30)32-17-33-28)26(35-38)18-7-8-20(24(15-18)40-3)34-29(39)23-16-21-22(36(23)2)6-5-11-31-21/h5-8,11,15-17,19H,4,9-10,12-14H2,1-3H3,(H,34,39)(H2,30,32,33). The van der Waals surface area contributed by atoms with Gasteiger partial charge in [-0.05, 0) is 56.1 Å². The van der Waals surface area contributed by atoms with Crippen LogP contribution in [0, 0.1) is 0 Å². The van der Waals surface area contributed by atoms with Gasteiger partial charge in [0.05, 0.1) is 35.3 Å². The molecule has 1 aliphatic rings. The van der Waals surface area contributed by atoms with Gasteiger partial charge in [0.1, 0.15) is 29.3 Å². The number of fused-ring (bicyclic) bond motifs is 2. The van der Waals surface area contributed by atoms with Crippen LogP contribution in [0.3, 0.4) is 0 Å². The highest BCUT2D eigenvalue weighted by atomic mass is 16.5. The normalized spacial score (nSPS) is 14.7. The molecular weight excluding hydrogens is 506 g/mol. The molecule has 0 unspecified atom stereocenters. The van der Waals surface area contributed by atoms with Gasteiger partial charge in [-0.3, -0.25) is 9.78 Å². The van der Waals surface area contributed by atoms with E-state index in [4.69, 9.17) is 15.6 Å². The Bertz CT molecular complexity index is 1700. The van der Waals surface area contributed by atoms with E-state index < -0.39 is 0 Å². The number of piperidine rings is 1. The zero-order chi connectivity index (χ0) is 27.8. The van der Waals surface area contributed by atoms with Crippen LogP contribution in [0.1, 0.15) is 42.7 Å². The monoisotopic (exact) mass is 539 g/mol. The first kappa shape index (κ1) is 25.8. The van der Waals surface area contributed by atoms with Crippen LogP contribution >= 0.6 is 0 Å². The van der Waals surface area contributed by atoms with E-state index in [1.165, 1.54) is 6.33 Å². The fourth-order valence-corrected chi connectivity index (χ4v) is 5.66. The number of benzene rings is 1. The summed E-state index contributed by atoms with van der Waals surface area (Å²) in [4.78, 5) is 28.9. The molecule has 1 aliphatic heterocycles. The number of ether oxygens (including phenoxy) is 1. The van der Waals surface area contributed by atoms with E-state index in [1.54, 1.807) is 19.4 Å². The molecule has 5 aromatic rings. The Labute approximate surface area is 232 Å². The summed E-state index contributed by atoms with van der Waals surface area (Å²) in [5, 5.41) is 8.74. The lowest BCUT2D eigenvalue weighted by atomic mass is 10.1. The molecule has 11 heteroatoms. The van der Waals surface area contributed by atoms with Crippen LogP contribution in [0.25, 0.3) is 33.3 Å². The quantitative estimate of drug-likeness (QED) is 0.314. The molecule has 0 aliphatic carbocycles. The maximum absolute atomic E-state index is 13.2. The third-order valence-corrected chi connectivity index (χ3v) is 7.73. The van der Waals surface area contributed by atoms with E-state index in [2.05, 4.69) is 32.1 Å². The van der Waals surface area contributed by atoms with Gasteiger partial charge in [0.2, 0.25) is 0 Å². The molecule has 6 rings (SSSR count). The maximum atomic E-state index is 13.2. The number of pyridine rings is 1. The fourth-order valence-electron chi connectivity index (χ4n) is 5.66. The minimum atomic E-state index is -0.256. The predicted molar refractivity (Wildman–Crippen MR) is 155 cm³/mol. The van der Waals surface area contributed by atoms with Crippen LogP contribution in [0.2, 0.25) is 0 Å². The minimum Gasteiger partial charge on any atom is -0.495 e. The van der Waals surface area contributed by atoms with Crippen molar-refractivity contribution in [3.05, 3.63) is 54.6 Å². The fraction of sp³-hybridized carbons (Fsp3) is 0.345. The third kappa shape index (κ3) is 4.51. The van der Waals surface area contributed by atoms with Crippen molar-refractivity contribution in [3.63, 3.8) is 0 Å². The molecule has 1 aromatic carbocycles. The summed E-state index contributed by atoms with van der Waals surface area (Å²) in [5.41, 5.74) is 11.3. The topological polar surface area (TPSA) is 129 Å². The van der Waals surface area contributed by atoms with Crippen molar-refractivity contribution in [1.82, 2.24) is 34.2 Å². The number of hydrogen-bond donors (Lipinski definition) is 2. The molecule has 11 nitrogen and oxygen atoms in total. The van der Waals surface area contributed by atoms with Gasteiger partial charge < -0.3 is 25.3 Å². The van der Waals surface area contributed by atoms with E-state index in [1.807, 2.05) is 46.6 Å². The van der Waals surface area contributed by atoms with Gasteiger partial charge in [-0.2, -0.15) is 5.10 Å². The van der Waals surface area contributed by atoms with Crippen LogP contribution in [-0.4, -0.2) is 66.9 Å². The predicted octanol–water partition coefficient (Wildman–Crippen LogP) is 4.27. The number of methoxy groups -OCH3 is 1. The van der Waals surface area contributed by atoms with Crippen LogP contribution in [0.5, 0.6) is 5.75 Å². The summed E-state index contributed by atoms with van der Waals surface area (Å²) in [7, 11) is 3.43. The molecular formula is C29H33N9O2. The number of nitrogens with one attached hydrogen (secondary N) is 1. The lowest BCUT2D eigenvalue weighted by molar-refractivity contribution is 0.101. The molecule has 1 amide bonds. The van der Waals surface area contributed by atoms with Crippen molar-refractivity contribution < 1.29 is 9.53 Å². The van der Waals surface area contributed by atoms with Crippen molar-refractivity contribution >= 4 is 39.5 Å². The average Bonchev–Trinajstić information content (AvgIpc) is 3.53. The first-order chi connectivity index (χ1) is 19.5. The van der Waals surface area contributed by atoms with Crippen LogP contribution < -0.4 is 15.8 Å². The van der Waals surface area contributed by atoms with Gasteiger partial charge in [-0.1, -0.05) is 13.0 Å². The van der Waals surface area contributed by atoms with Crippen molar-refractivity contribution in [1.29, 1.82) is 0 Å². The molecule has 0 saturated carbocycles. The Kier molecular flexibility index (Phi) is 6.81. The number of rotatable bonds is 7. The number of anilines is 2. The van der Waals surface area contributed by atoms with E-state index >= 15 is 0 Å². The Balaban J connectivity index is 1.32. The first-order valence-electron chi connectivity index (χ1n) is 13.6. The Hall–Kier alpha value is -4.51. The van der Waals surface area contributed by atoms with E-state index in [0.29, 0.717) is 28.6 Å². The van der Waals surface area contributed by atoms with Crippen LogP contribution in [0.15, 0.2) is 48.9 Å². The highest BCUT2D eigenvalue weighted by Gasteiger charge is 2.26. The number of nitrogens with two attached hydrogens (primary N) is 1. The van der Waals surface area contributed by atoms with E-state index in [0.717, 1.165) is 66.5 Å². The molecule has 0 atom stereocenters. The molecule has 40 heavy (non-hydrogen) atoms. The second-order valence-electron chi connectivity index (χ2n) is 10.2. The zero-order valence-electron chi connectivity index (χ0n) is 23.0. The smallest absolute Gasteiger partial charge is 0.272 e. The number of hydrogen-bond acceptors (Lipinski definition) is 8. The Morgan fingerprint density at radius 2 is 1.98 bits per heavy atom. The van der Waals surface area contributed by atoms with Crippen molar-refractivity contribution in [2.75, 3.05) is 37.8 Å². The summed E-state index contributed by atoms with van der Waals surface area (Å²) in [5.74, 6) is 0.637. The minimum absolute atomic E-state index is 0.231. The number of carbonyl (C=O) groups excluding carboxylic acids is 1. The summed E-state index contributed by atoms with van der Waals surface area (Å²) in [6, 6.07) is 11.4. The summed E-state index contributed by atoms with van der Waals surface area (Å²) in [6.07, 6.45) is 6.36. The average molecular weight is 540 g/mol. The van der Waals surface area contributed by atoms with Gasteiger partial charge in [-0.25, -0.2) is 14.6 Å². The van der Waals surface area contributed by atoms with Gasteiger partial charge in [0.15, 0.2) is 5.65 Å². The van der Waals surface area contributed by atoms with Gasteiger partial charge in [-0.15, -0.1) is 0 Å². The Morgan fingerprint density at radius 3 is 2.73 bits per heavy atom. The number of nitrogens with zero attached hydrogens (tertiary/aromatic N) is 7. The van der Waals surface area contributed by atoms with E-state index in [9.17, 15) is 4.79 Å². The molecule has 5 heterocycles. The van der Waals surface area contributed by atoms with Crippen molar-refractivity contribution in [2.24, 2.45) is 7.05 Å². The second-order valence-corrected chi connectivity index (χ2v) is 10.2. The third-order valence-electron chi connectivity index (χ3n) is 7.73. The summed E-state index contributed by atoms with van der Waals surface area (Å²) >= 11 is 0. The number of likely N-dealkylation sites (tertiary alicyclic amines) is 1. The van der Waals surface area contributed by atoms with Crippen LogP contribution in [-0.2, 0) is 7.05 Å². The molecule has 0 bridgehead atoms. The second kappa shape index (κ2) is 10.6. The van der Waals surface area contributed by atoms with Gasteiger partial charge in [0, 0.05) is 31.9 Å². The molecule has 3 N–H and O–H groups in total. The first-order valence-corrected chi connectivity index (χ1v) is 13.6. The number of carbonyl (C=O) groups is 1. The molecule has 1 saturated heterocycles. The Morgan fingerprint density at radius 1 is 1.15 bits per heavy atom. The number of aromatic nitrogens is 6. The highest BCUT2D eigenvalue weighted by Crippen LogP contribution is 2.37. The summed E-state index contributed by atoms with van der Waals surface area (Å²) < 4.78 is 9.54. The molecule has 0 spiro atoms. The van der Waals surface area contributed by atoms with E-state index in [-0.39, 0.29) is 11.9 Å². The lowest BCUT2D eigenvalue weighted by Crippen LogP contribution is -2.35. The molecule has 4 aromatic heterocycles. The van der Waals surface area contributed by atoms with Gasteiger partial charge >= 0.3 is 0 Å². The number of amides is 1. The largest absolute Gasteiger partial charge is 0.495 e. The molecule has 206 valence electrons. The van der Waals surface area contributed by atoms with Crippen LogP contribution in [0.4, 0.5) is 11.5 Å². The summed E-state index contributed by atoms with van der Waals surface area (Å²) in [6.45, 7) is 5.40. The number of nitrogen functional groups attached to an aromatic ring is 1. The lowest BCUT2D eigenvalue weighted by Gasteiger charge is -2.31. The van der Waals surface area contributed by atoms with Gasteiger partial charge in [0.25, 0.3) is 5.91 Å². The zero-order valence-corrected chi connectivity index (χ0v) is 23.0.